The van der Waals surface area contributed by atoms with Crippen LogP contribution in [0.3, 0.4) is 0 Å². The summed E-state index contributed by atoms with van der Waals surface area (Å²) < 4.78 is 44.3. The van der Waals surface area contributed by atoms with E-state index in [-0.39, 0.29) is 12.3 Å². The van der Waals surface area contributed by atoms with E-state index < -0.39 is 17.7 Å². The normalized spacial score (nSPS) is 12.2. The Morgan fingerprint density at radius 3 is 2.48 bits per heavy atom. The number of esters is 1. The lowest BCUT2D eigenvalue weighted by Crippen LogP contribution is -2.03. The van der Waals surface area contributed by atoms with Crippen LogP contribution in [0.25, 0.3) is 22.2 Å². The summed E-state index contributed by atoms with van der Waals surface area (Å²) in [6, 6.07) is 8.69. The summed E-state index contributed by atoms with van der Waals surface area (Å²) in [7, 11) is 1.28. The maximum Gasteiger partial charge on any atom is 0.416 e. The minimum absolute atomic E-state index is 0.170. The number of rotatable bonds is 7. The molecular weight excluding hydrogens is 451 g/mol. The highest BCUT2D eigenvalue weighted by Gasteiger charge is 2.30. The maximum atomic E-state index is 13.1. The lowest BCUT2D eigenvalue weighted by molar-refractivity contribution is -0.137. The number of ether oxygens (including phenoxy) is 1. The molecule has 3 aromatic rings. The molecule has 3 rings (SSSR count). The molecule has 0 bridgehead atoms. The van der Waals surface area contributed by atoms with Gasteiger partial charge >= 0.3 is 12.1 Å². The molecule has 2 N–H and O–H groups in total. The number of allylic oxidation sites excluding steroid dienone is 1. The highest BCUT2D eigenvalue weighted by Crippen LogP contribution is 2.37. The van der Waals surface area contributed by atoms with Gasteiger partial charge in [-0.15, -0.1) is 11.3 Å². The van der Waals surface area contributed by atoms with Crippen LogP contribution in [0, 0.1) is 0 Å². The molecule has 0 aliphatic carbocycles. The Morgan fingerprint density at radius 2 is 1.85 bits per heavy atom. The SMILES string of the molecule is CCc1c(C=CC(=O)c2ccc(C=CC(=O)OC)c(CN)c2)sc2cc(C(F)(F)F)ccc12. The van der Waals surface area contributed by atoms with Gasteiger partial charge in [-0.3, -0.25) is 4.79 Å². The van der Waals surface area contributed by atoms with Crippen LogP contribution in [0.5, 0.6) is 0 Å². The molecule has 4 nitrogen and oxygen atoms in total. The Balaban J connectivity index is 1.89. The van der Waals surface area contributed by atoms with E-state index in [1.54, 1.807) is 30.4 Å². The lowest BCUT2D eigenvalue weighted by atomic mass is 10.0. The van der Waals surface area contributed by atoms with E-state index >= 15 is 0 Å². The van der Waals surface area contributed by atoms with Crippen molar-refractivity contribution < 1.29 is 27.5 Å². The number of hydrogen-bond acceptors (Lipinski definition) is 5. The molecule has 0 amide bonds. The molecule has 2 aromatic carbocycles. The second kappa shape index (κ2) is 10.1. The summed E-state index contributed by atoms with van der Waals surface area (Å²) in [6.45, 7) is 2.09. The van der Waals surface area contributed by atoms with Crippen LogP contribution in [-0.4, -0.2) is 18.9 Å². The number of ketones is 1. The van der Waals surface area contributed by atoms with Gasteiger partial charge in [0.25, 0.3) is 0 Å². The second-order valence-electron chi connectivity index (χ2n) is 7.18. The van der Waals surface area contributed by atoms with Crippen LogP contribution < -0.4 is 5.73 Å². The maximum absolute atomic E-state index is 13.1. The molecule has 172 valence electrons. The number of carbonyl (C=O) groups is 2. The molecule has 33 heavy (non-hydrogen) atoms. The number of alkyl halides is 3. The molecule has 0 radical (unpaired) electrons. The number of hydrogen-bond donors (Lipinski definition) is 1. The Kier molecular flexibility index (Phi) is 7.50. The Labute approximate surface area is 193 Å². The largest absolute Gasteiger partial charge is 0.466 e. The topological polar surface area (TPSA) is 69.4 Å². The molecule has 1 heterocycles. The van der Waals surface area contributed by atoms with Crippen LogP contribution >= 0.6 is 11.3 Å². The zero-order chi connectivity index (χ0) is 24.2. The first-order valence-corrected chi connectivity index (χ1v) is 10.9. The summed E-state index contributed by atoms with van der Waals surface area (Å²) in [5.74, 6) is -0.762. The van der Waals surface area contributed by atoms with Gasteiger partial charge in [0.2, 0.25) is 0 Å². The van der Waals surface area contributed by atoms with Gasteiger partial charge in [0.15, 0.2) is 5.78 Å². The summed E-state index contributed by atoms with van der Waals surface area (Å²) >= 11 is 1.23. The quantitative estimate of drug-likeness (QED) is 0.259. The van der Waals surface area contributed by atoms with Gasteiger partial charge in [0.05, 0.1) is 12.7 Å². The third-order valence-electron chi connectivity index (χ3n) is 5.14. The molecule has 0 saturated carbocycles. The van der Waals surface area contributed by atoms with E-state index in [4.69, 9.17) is 5.73 Å². The second-order valence-corrected chi connectivity index (χ2v) is 8.26. The van der Waals surface area contributed by atoms with E-state index in [0.717, 1.165) is 28.0 Å². The molecule has 0 aliphatic rings. The molecule has 0 atom stereocenters. The fourth-order valence-corrected chi connectivity index (χ4v) is 4.65. The van der Waals surface area contributed by atoms with Gasteiger partial charge in [-0.2, -0.15) is 13.2 Å². The van der Waals surface area contributed by atoms with Crippen molar-refractivity contribution in [1.29, 1.82) is 0 Å². The summed E-state index contributed by atoms with van der Waals surface area (Å²) in [4.78, 5) is 24.8. The van der Waals surface area contributed by atoms with Crippen LogP contribution in [0.1, 0.15) is 44.4 Å². The van der Waals surface area contributed by atoms with Crippen LogP contribution in [0.15, 0.2) is 48.6 Å². The van der Waals surface area contributed by atoms with Gasteiger partial charge in [-0.1, -0.05) is 25.1 Å². The van der Waals surface area contributed by atoms with E-state index in [0.29, 0.717) is 27.8 Å². The number of methoxy groups -OCH3 is 1. The first-order valence-electron chi connectivity index (χ1n) is 10.1. The molecule has 8 heteroatoms. The Morgan fingerprint density at radius 1 is 1.09 bits per heavy atom. The zero-order valence-electron chi connectivity index (χ0n) is 18.0. The Hall–Kier alpha value is -3.23. The van der Waals surface area contributed by atoms with Crippen LogP contribution in [0.4, 0.5) is 13.2 Å². The van der Waals surface area contributed by atoms with Crippen molar-refractivity contribution >= 4 is 45.3 Å². The number of thiophene rings is 1. The van der Waals surface area contributed by atoms with E-state index in [2.05, 4.69) is 4.74 Å². The number of nitrogens with two attached hydrogens (primary N) is 1. The van der Waals surface area contributed by atoms with Crippen molar-refractivity contribution in [2.24, 2.45) is 5.73 Å². The van der Waals surface area contributed by atoms with Gasteiger partial charge in [0.1, 0.15) is 0 Å². The number of carbonyl (C=O) groups excluding carboxylic acids is 2. The van der Waals surface area contributed by atoms with E-state index in [1.165, 1.54) is 36.7 Å². The summed E-state index contributed by atoms with van der Waals surface area (Å²) in [5, 5.41) is 0.759. The van der Waals surface area contributed by atoms with Crippen molar-refractivity contribution in [2.75, 3.05) is 7.11 Å². The van der Waals surface area contributed by atoms with Gasteiger partial charge in [-0.05, 0) is 64.9 Å². The molecule has 0 fully saturated rings. The first kappa shape index (κ1) is 24.4. The molecule has 0 unspecified atom stereocenters. The third-order valence-corrected chi connectivity index (χ3v) is 6.30. The van der Waals surface area contributed by atoms with Crippen molar-refractivity contribution in [3.63, 3.8) is 0 Å². The van der Waals surface area contributed by atoms with Crippen LogP contribution in [-0.2, 0) is 28.7 Å². The van der Waals surface area contributed by atoms with E-state index in [9.17, 15) is 22.8 Å². The number of aryl methyl sites for hydroxylation is 1. The smallest absolute Gasteiger partial charge is 0.416 e. The highest BCUT2D eigenvalue weighted by atomic mass is 32.1. The summed E-state index contributed by atoms with van der Waals surface area (Å²) in [5.41, 5.74) is 7.80. The molecular formula is C25H22F3NO3S. The van der Waals surface area contributed by atoms with Crippen LogP contribution in [0.2, 0.25) is 0 Å². The fourth-order valence-electron chi connectivity index (χ4n) is 3.42. The zero-order valence-corrected chi connectivity index (χ0v) is 18.8. The third kappa shape index (κ3) is 5.58. The number of fused-ring (bicyclic) bond motifs is 1. The van der Waals surface area contributed by atoms with Gasteiger partial charge in [-0.25, -0.2) is 4.79 Å². The Bertz CT molecular complexity index is 1260. The van der Waals surface area contributed by atoms with Crippen molar-refractivity contribution in [1.82, 2.24) is 0 Å². The average Bonchev–Trinajstić information content (AvgIpc) is 3.16. The van der Waals surface area contributed by atoms with Gasteiger partial charge in [0, 0.05) is 27.8 Å². The lowest BCUT2D eigenvalue weighted by Gasteiger charge is -2.06. The number of benzene rings is 2. The standard InChI is InChI=1S/C25H22F3NO3S/c1-3-19-20-8-7-18(25(26,27)28)13-23(20)33-22(19)10-9-21(30)16-5-4-15(17(12-16)14-29)6-11-24(31)32-2/h4-13H,3,14,29H2,1-2H3. The fraction of sp³-hybridized carbons (Fsp3) is 0.200. The molecule has 1 aromatic heterocycles. The highest BCUT2D eigenvalue weighted by molar-refractivity contribution is 7.20. The minimum Gasteiger partial charge on any atom is -0.466 e. The van der Waals surface area contributed by atoms with Crippen molar-refractivity contribution in [2.45, 2.75) is 26.1 Å². The first-order chi connectivity index (χ1) is 15.7. The average molecular weight is 474 g/mol. The minimum atomic E-state index is -4.41. The summed E-state index contributed by atoms with van der Waals surface area (Å²) in [6.07, 6.45) is 2.11. The van der Waals surface area contributed by atoms with E-state index in [1.807, 2.05) is 6.92 Å². The number of halogens is 3. The molecule has 0 aliphatic heterocycles. The molecule has 0 saturated heterocycles. The van der Waals surface area contributed by atoms with Crippen molar-refractivity contribution in [3.8, 4) is 0 Å². The van der Waals surface area contributed by atoms with Gasteiger partial charge < -0.3 is 10.5 Å². The predicted octanol–water partition coefficient (Wildman–Crippen LogP) is 6.02. The predicted molar refractivity (Wildman–Crippen MR) is 125 cm³/mol. The van der Waals surface area contributed by atoms with Crippen molar-refractivity contribution in [3.05, 3.63) is 81.2 Å². The molecule has 0 spiro atoms. The monoisotopic (exact) mass is 473 g/mol.